The predicted molar refractivity (Wildman–Crippen MR) is 123 cm³/mol. The van der Waals surface area contributed by atoms with Gasteiger partial charge in [0.1, 0.15) is 17.1 Å². The standard InChI is InChI=1S/C26H22O8/c1-17(27)33-24-5-3-2-4-21(24)26(31)32-15-14-18-6-10-20(11-7-18)34-25(30)13-9-19-8-12-22(28)23(29)16-19/h2-13,16,28-29H,14-15H2,1H3/b13-9+. The third-order valence-electron chi connectivity index (χ3n) is 4.54. The number of hydrogen-bond donors (Lipinski definition) is 2. The lowest BCUT2D eigenvalue weighted by Crippen LogP contribution is -2.12. The van der Waals surface area contributed by atoms with Crippen molar-refractivity contribution >= 4 is 24.0 Å². The van der Waals surface area contributed by atoms with Gasteiger partial charge < -0.3 is 24.4 Å². The van der Waals surface area contributed by atoms with Crippen molar-refractivity contribution in [2.45, 2.75) is 13.3 Å². The summed E-state index contributed by atoms with van der Waals surface area (Å²) in [6.45, 7) is 1.36. The first-order chi connectivity index (χ1) is 16.3. The highest BCUT2D eigenvalue weighted by molar-refractivity contribution is 5.93. The quantitative estimate of drug-likeness (QED) is 0.223. The number of phenols is 2. The maximum atomic E-state index is 12.3. The maximum Gasteiger partial charge on any atom is 0.341 e. The zero-order valence-corrected chi connectivity index (χ0v) is 18.3. The normalized spacial score (nSPS) is 10.6. The summed E-state index contributed by atoms with van der Waals surface area (Å²) in [5.41, 5.74) is 1.54. The van der Waals surface area contributed by atoms with E-state index >= 15 is 0 Å². The molecule has 0 spiro atoms. The molecule has 8 heteroatoms. The third kappa shape index (κ3) is 6.96. The van der Waals surface area contributed by atoms with E-state index in [0.29, 0.717) is 17.7 Å². The van der Waals surface area contributed by atoms with Crippen molar-refractivity contribution in [2.24, 2.45) is 0 Å². The van der Waals surface area contributed by atoms with E-state index in [1.165, 1.54) is 49.4 Å². The Hall–Kier alpha value is -4.59. The Balaban J connectivity index is 1.49. The zero-order valence-electron chi connectivity index (χ0n) is 18.3. The number of carbonyl (C=O) groups excluding carboxylic acids is 3. The van der Waals surface area contributed by atoms with E-state index < -0.39 is 17.9 Å². The average Bonchev–Trinajstić information content (AvgIpc) is 2.81. The summed E-state index contributed by atoms with van der Waals surface area (Å²) in [6, 6.07) is 17.2. The summed E-state index contributed by atoms with van der Waals surface area (Å²) >= 11 is 0. The van der Waals surface area contributed by atoms with Crippen LogP contribution in [0.5, 0.6) is 23.0 Å². The number of hydrogen-bond acceptors (Lipinski definition) is 8. The van der Waals surface area contributed by atoms with Gasteiger partial charge in [0.15, 0.2) is 11.5 Å². The van der Waals surface area contributed by atoms with Gasteiger partial charge in [-0.1, -0.05) is 30.3 Å². The Kier molecular flexibility index (Phi) is 8.02. The molecular weight excluding hydrogens is 440 g/mol. The second kappa shape index (κ2) is 11.3. The van der Waals surface area contributed by atoms with Crippen molar-refractivity contribution in [3.05, 3.63) is 89.5 Å². The lowest BCUT2D eigenvalue weighted by molar-refractivity contribution is -0.132. The van der Waals surface area contributed by atoms with Crippen LogP contribution in [-0.4, -0.2) is 34.7 Å². The van der Waals surface area contributed by atoms with Crippen LogP contribution in [0.25, 0.3) is 6.08 Å². The van der Waals surface area contributed by atoms with E-state index in [9.17, 15) is 24.6 Å². The van der Waals surface area contributed by atoms with Crippen LogP contribution in [0.4, 0.5) is 0 Å². The van der Waals surface area contributed by atoms with Gasteiger partial charge in [0.2, 0.25) is 0 Å². The fraction of sp³-hybridized carbons (Fsp3) is 0.115. The van der Waals surface area contributed by atoms with Crippen LogP contribution in [0.3, 0.4) is 0 Å². The van der Waals surface area contributed by atoms with Crippen molar-refractivity contribution in [1.29, 1.82) is 0 Å². The van der Waals surface area contributed by atoms with Crippen LogP contribution in [0.1, 0.15) is 28.4 Å². The number of rotatable bonds is 8. The zero-order chi connectivity index (χ0) is 24.5. The predicted octanol–water partition coefficient (Wildman–Crippen LogP) is 4.04. The van der Waals surface area contributed by atoms with Crippen molar-refractivity contribution in [3.63, 3.8) is 0 Å². The molecule has 0 aromatic heterocycles. The maximum absolute atomic E-state index is 12.3. The van der Waals surface area contributed by atoms with Crippen molar-refractivity contribution in [1.82, 2.24) is 0 Å². The lowest BCUT2D eigenvalue weighted by Gasteiger charge is -2.09. The molecule has 0 saturated carbocycles. The molecule has 0 aliphatic carbocycles. The number of esters is 3. The fourth-order valence-corrected chi connectivity index (χ4v) is 2.90. The summed E-state index contributed by atoms with van der Waals surface area (Å²) in [4.78, 5) is 35.5. The van der Waals surface area contributed by atoms with Gasteiger partial charge in [-0.2, -0.15) is 0 Å². The van der Waals surface area contributed by atoms with Crippen LogP contribution in [-0.2, 0) is 20.7 Å². The van der Waals surface area contributed by atoms with Crippen molar-refractivity contribution in [3.8, 4) is 23.0 Å². The van der Waals surface area contributed by atoms with Gasteiger partial charge in [-0.25, -0.2) is 9.59 Å². The molecule has 2 N–H and O–H groups in total. The first-order valence-corrected chi connectivity index (χ1v) is 10.3. The number of phenolic OH excluding ortho intramolecular Hbond substituents is 2. The Labute approximate surface area is 195 Å². The van der Waals surface area contributed by atoms with E-state index in [2.05, 4.69) is 0 Å². The van der Waals surface area contributed by atoms with Crippen LogP contribution in [0, 0.1) is 0 Å². The van der Waals surface area contributed by atoms with Gasteiger partial charge in [-0.3, -0.25) is 4.79 Å². The average molecular weight is 462 g/mol. The molecular formula is C26H22O8. The third-order valence-corrected chi connectivity index (χ3v) is 4.54. The molecule has 0 saturated heterocycles. The molecule has 0 aliphatic heterocycles. The summed E-state index contributed by atoms with van der Waals surface area (Å²) < 4.78 is 15.5. The van der Waals surface area contributed by atoms with Gasteiger partial charge in [-0.15, -0.1) is 0 Å². The van der Waals surface area contributed by atoms with Crippen LogP contribution >= 0.6 is 0 Å². The number of benzene rings is 3. The summed E-state index contributed by atoms with van der Waals surface area (Å²) in [6.07, 6.45) is 3.08. The lowest BCUT2D eigenvalue weighted by atomic mass is 10.1. The van der Waals surface area contributed by atoms with Crippen LogP contribution in [0.2, 0.25) is 0 Å². The minimum Gasteiger partial charge on any atom is -0.504 e. The second-order valence-electron chi connectivity index (χ2n) is 7.12. The summed E-state index contributed by atoms with van der Waals surface area (Å²) in [5.74, 6) is -1.80. The molecule has 34 heavy (non-hydrogen) atoms. The van der Waals surface area contributed by atoms with Gasteiger partial charge in [0, 0.05) is 19.4 Å². The molecule has 3 aromatic rings. The van der Waals surface area contributed by atoms with Gasteiger partial charge >= 0.3 is 17.9 Å². The molecule has 3 aromatic carbocycles. The Bertz CT molecular complexity index is 1210. The number of ether oxygens (including phenoxy) is 3. The number of aromatic hydroxyl groups is 2. The highest BCUT2D eigenvalue weighted by Crippen LogP contribution is 2.25. The topological polar surface area (TPSA) is 119 Å². The van der Waals surface area contributed by atoms with Gasteiger partial charge in [0.25, 0.3) is 0 Å². The minimum atomic E-state index is -0.610. The molecule has 0 bridgehead atoms. The Morgan fingerprint density at radius 1 is 0.882 bits per heavy atom. The molecule has 0 aliphatic rings. The summed E-state index contributed by atoms with van der Waals surface area (Å²) in [7, 11) is 0. The number of carbonyl (C=O) groups is 3. The fourth-order valence-electron chi connectivity index (χ4n) is 2.90. The van der Waals surface area contributed by atoms with E-state index in [0.717, 1.165) is 5.56 Å². The Morgan fingerprint density at radius 3 is 2.32 bits per heavy atom. The Morgan fingerprint density at radius 2 is 1.62 bits per heavy atom. The molecule has 0 fully saturated rings. The highest BCUT2D eigenvalue weighted by atomic mass is 16.5. The molecule has 0 atom stereocenters. The van der Waals surface area contributed by atoms with E-state index in [1.54, 1.807) is 36.4 Å². The first-order valence-electron chi connectivity index (χ1n) is 10.3. The van der Waals surface area contributed by atoms with Crippen molar-refractivity contribution < 1.29 is 38.8 Å². The monoisotopic (exact) mass is 462 g/mol. The molecule has 174 valence electrons. The molecule has 3 rings (SSSR count). The highest BCUT2D eigenvalue weighted by Gasteiger charge is 2.15. The number of para-hydroxylation sites is 1. The summed E-state index contributed by atoms with van der Waals surface area (Å²) in [5, 5.41) is 18.8. The minimum absolute atomic E-state index is 0.106. The van der Waals surface area contributed by atoms with Crippen LogP contribution < -0.4 is 9.47 Å². The van der Waals surface area contributed by atoms with E-state index in [4.69, 9.17) is 14.2 Å². The van der Waals surface area contributed by atoms with E-state index in [1.807, 2.05) is 0 Å². The smallest absolute Gasteiger partial charge is 0.341 e. The largest absolute Gasteiger partial charge is 0.504 e. The molecule has 8 nitrogen and oxygen atoms in total. The molecule has 0 amide bonds. The molecule has 0 radical (unpaired) electrons. The van der Waals surface area contributed by atoms with E-state index in [-0.39, 0.29) is 29.4 Å². The van der Waals surface area contributed by atoms with Gasteiger partial charge in [-0.05, 0) is 53.6 Å². The van der Waals surface area contributed by atoms with Crippen molar-refractivity contribution in [2.75, 3.05) is 6.61 Å². The van der Waals surface area contributed by atoms with Crippen LogP contribution in [0.15, 0.2) is 72.8 Å². The molecule has 0 unspecified atom stereocenters. The second-order valence-corrected chi connectivity index (χ2v) is 7.12. The molecule has 0 heterocycles. The first kappa shape index (κ1) is 24.1. The van der Waals surface area contributed by atoms with Gasteiger partial charge in [0.05, 0.1) is 6.61 Å². The SMILES string of the molecule is CC(=O)Oc1ccccc1C(=O)OCCc1ccc(OC(=O)/C=C/c2ccc(O)c(O)c2)cc1.